The second-order valence-electron chi connectivity index (χ2n) is 7.65. The lowest BCUT2D eigenvalue weighted by Crippen LogP contribution is -2.07. The molecule has 0 atom stereocenters. The Kier molecular flexibility index (Phi) is 6.45. The zero-order chi connectivity index (χ0) is 23.4. The smallest absolute Gasteiger partial charge is 0.231 e. The molecule has 0 amide bonds. The summed E-state index contributed by atoms with van der Waals surface area (Å²) in [5, 5.41) is 0. The number of rotatable bonds is 8. The van der Waals surface area contributed by atoms with E-state index in [1.54, 1.807) is 50.6 Å². The third kappa shape index (κ3) is 4.75. The Bertz CT molecular complexity index is 1270. The molecular weight excluding hydrogens is 418 g/mol. The van der Waals surface area contributed by atoms with Gasteiger partial charge in [-0.25, -0.2) is 4.98 Å². The van der Waals surface area contributed by atoms with Crippen molar-refractivity contribution in [1.82, 2.24) is 4.98 Å². The molecule has 0 saturated carbocycles. The van der Waals surface area contributed by atoms with Crippen molar-refractivity contribution in [1.29, 1.82) is 0 Å². The Hall–Kier alpha value is -4.06. The zero-order valence-electron chi connectivity index (χ0n) is 19.0. The summed E-state index contributed by atoms with van der Waals surface area (Å²) < 4.78 is 22.6. The summed E-state index contributed by atoms with van der Waals surface area (Å²) in [5.41, 5.74) is 2.73. The van der Waals surface area contributed by atoms with Crippen LogP contribution in [0.4, 0.5) is 0 Å². The molecule has 3 aromatic carbocycles. The third-order valence-electron chi connectivity index (χ3n) is 4.99. The van der Waals surface area contributed by atoms with Crippen LogP contribution in [0.5, 0.6) is 17.2 Å². The Morgan fingerprint density at radius 3 is 2.36 bits per heavy atom. The molecule has 168 valence electrons. The van der Waals surface area contributed by atoms with Gasteiger partial charge in [-0.05, 0) is 62.4 Å². The van der Waals surface area contributed by atoms with Crippen molar-refractivity contribution in [3.8, 4) is 17.2 Å². The van der Waals surface area contributed by atoms with Gasteiger partial charge in [0.25, 0.3) is 0 Å². The fourth-order valence-corrected chi connectivity index (χ4v) is 3.51. The number of benzene rings is 3. The van der Waals surface area contributed by atoms with Crippen LogP contribution in [0.3, 0.4) is 0 Å². The molecule has 4 rings (SSSR count). The third-order valence-corrected chi connectivity index (χ3v) is 4.99. The zero-order valence-corrected chi connectivity index (χ0v) is 19.0. The lowest BCUT2D eigenvalue weighted by molar-refractivity contribution is 0.105. The highest BCUT2D eigenvalue weighted by molar-refractivity contribution is 6.31. The number of Topliss-reactive ketones (excluding diaryl/α,β-unsaturated/α-hetero) is 1. The Labute approximate surface area is 192 Å². The van der Waals surface area contributed by atoms with Crippen LogP contribution in [-0.2, 0) is 0 Å². The van der Waals surface area contributed by atoms with E-state index in [0.29, 0.717) is 45.0 Å². The van der Waals surface area contributed by atoms with Crippen LogP contribution in [0.15, 0.2) is 71.1 Å². The fraction of sp³-hybridized carbons (Fsp3) is 0.185. The number of carbonyl (C=O) groups is 1. The Balaban J connectivity index is 1.83. The number of ether oxygens (including phenoxy) is 3. The van der Waals surface area contributed by atoms with Gasteiger partial charge in [0, 0.05) is 11.1 Å². The van der Waals surface area contributed by atoms with Gasteiger partial charge in [-0.1, -0.05) is 24.3 Å². The number of oxazole rings is 1. The predicted octanol–water partition coefficient (Wildman–Crippen LogP) is 6.06. The molecular formula is C27H25NO5. The predicted molar refractivity (Wildman–Crippen MR) is 128 cm³/mol. The molecule has 6 nitrogen and oxygen atoms in total. The first kappa shape index (κ1) is 22.1. The molecule has 0 spiro atoms. The lowest BCUT2D eigenvalue weighted by atomic mass is 10.00. The number of fused-ring (bicyclic) bond motifs is 1. The standard InChI is InChI=1S/C27H25NO5/c1-17(2)32-20-14-12-18(13-15-20)25(29)21(27-28-22-9-5-6-10-23(22)33-27)16-19-8-7-11-24(30-3)26(19)31-4/h5-17H,1-4H3/b21-16+. The summed E-state index contributed by atoms with van der Waals surface area (Å²) in [5.74, 6) is 1.77. The first-order valence-electron chi connectivity index (χ1n) is 10.6. The van der Waals surface area contributed by atoms with Crippen LogP contribution in [0.1, 0.15) is 35.7 Å². The number of para-hydroxylation sites is 3. The van der Waals surface area contributed by atoms with Gasteiger partial charge in [0.15, 0.2) is 22.9 Å². The molecule has 1 aromatic heterocycles. The Morgan fingerprint density at radius 2 is 1.70 bits per heavy atom. The minimum atomic E-state index is -0.234. The number of aromatic nitrogens is 1. The molecule has 0 aliphatic carbocycles. The Morgan fingerprint density at radius 1 is 0.939 bits per heavy atom. The molecule has 4 aromatic rings. The topological polar surface area (TPSA) is 70.8 Å². The summed E-state index contributed by atoms with van der Waals surface area (Å²) >= 11 is 0. The maximum atomic E-state index is 13.6. The van der Waals surface area contributed by atoms with Gasteiger partial charge >= 0.3 is 0 Å². The molecule has 0 bridgehead atoms. The normalized spacial score (nSPS) is 11.6. The van der Waals surface area contributed by atoms with Crippen molar-refractivity contribution in [2.75, 3.05) is 14.2 Å². The number of allylic oxidation sites excluding steroid dienone is 1. The summed E-state index contributed by atoms with van der Waals surface area (Å²) in [4.78, 5) is 18.2. The van der Waals surface area contributed by atoms with Gasteiger partial charge in [0.2, 0.25) is 5.89 Å². The molecule has 6 heteroatoms. The molecule has 0 N–H and O–H groups in total. The van der Waals surface area contributed by atoms with Crippen LogP contribution in [-0.4, -0.2) is 31.1 Å². The number of hydrogen-bond donors (Lipinski definition) is 0. The summed E-state index contributed by atoms with van der Waals surface area (Å²) in [6, 6.07) is 19.9. The van der Waals surface area contributed by atoms with Gasteiger partial charge in [0.1, 0.15) is 11.3 Å². The monoisotopic (exact) mass is 443 g/mol. The van der Waals surface area contributed by atoms with Crippen molar-refractivity contribution in [2.24, 2.45) is 0 Å². The van der Waals surface area contributed by atoms with Crippen LogP contribution < -0.4 is 14.2 Å². The maximum Gasteiger partial charge on any atom is 0.231 e. The highest BCUT2D eigenvalue weighted by atomic mass is 16.5. The average molecular weight is 443 g/mol. The van der Waals surface area contributed by atoms with Crippen molar-refractivity contribution in [2.45, 2.75) is 20.0 Å². The van der Waals surface area contributed by atoms with E-state index in [9.17, 15) is 4.79 Å². The van der Waals surface area contributed by atoms with E-state index in [0.717, 1.165) is 0 Å². The number of ketones is 1. The lowest BCUT2D eigenvalue weighted by Gasteiger charge is -2.12. The van der Waals surface area contributed by atoms with Gasteiger partial charge in [-0.15, -0.1) is 0 Å². The van der Waals surface area contributed by atoms with E-state index in [1.165, 1.54) is 0 Å². The molecule has 0 saturated heterocycles. The minimum absolute atomic E-state index is 0.0438. The summed E-state index contributed by atoms with van der Waals surface area (Å²) in [6.07, 6.45) is 1.76. The van der Waals surface area contributed by atoms with Crippen LogP contribution in [0, 0.1) is 0 Å². The molecule has 0 radical (unpaired) electrons. The fourth-order valence-electron chi connectivity index (χ4n) is 3.51. The quantitative estimate of drug-likeness (QED) is 0.244. The summed E-state index contributed by atoms with van der Waals surface area (Å²) in [6.45, 7) is 3.91. The highest BCUT2D eigenvalue weighted by Crippen LogP contribution is 2.35. The van der Waals surface area contributed by atoms with E-state index in [4.69, 9.17) is 18.6 Å². The minimum Gasteiger partial charge on any atom is -0.493 e. The molecule has 33 heavy (non-hydrogen) atoms. The van der Waals surface area contributed by atoms with Crippen molar-refractivity contribution in [3.05, 3.63) is 83.7 Å². The molecule has 0 aliphatic heterocycles. The first-order chi connectivity index (χ1) is 16.0. The van der Waals surface area contributed by atoms with Gasteiger partial charge in [0.05, 0.1) is 25.9 Å². The highest BCUT2D eigenvalue weighted by Gasteiger charge is 2.22. The SMILES string of the molecule is COc1cccc(/C=C(\C(=O)c2ccc(OC(C)C)cc2)c2nc3ccccc3o2)c1OC. The van der Waals surface area contributed by atoms with Crippen molar-refractivity contribution >= 4 is 28.5 Å². The van der Waals surface area contributed by atoms with E-state index in [-0.39, 0.29) is 17.8 Å². The molecule has 1 heterocycles. The van der Waals surface area contributed by atoms with Crippen molar-refractivity contribution < 1.29 is 23.4 Å². The van der Waals surface area contributed by atoms with Crippen molar-refractivity contribution in [3.63, 3.8) is 0 Å². The molecule has 0 fully saturated rings. The molecule has 0 unspecified atom stereocenters. The average Bonchev–Trinajstić information content (AvgIpc) is 3.26. The largest absolute Gasteiger partial charge is 0.493 e. The van der Waals surface area contributed by atoms with E-state index in [2.05, 4.69) is 4.98 Å². The van der Waals surface area contributed by atoms with E-state index >= 15 is 0 Å². The van der Waals surface area contributed by atoms with Crippen LogP contribution in [0.2, 0.25) is 0 Å². The van der Waals surface area contributed by atoms with Gasteiger partial charge in [-0.3, -0.25) is 4.79 Å². The van der Waals surface area contributed by atoms with Gasteiger partial charge in [-0.2, -0.15) is 0 Å². The maximum absolute atomic E-state index is 13.6. The van der Waals surface area contributed by atoms with E-state index < -0.39 is 0 Å². The van der Waals surface area contributed by atoms with Gasteiger partial charge < -0.3 is 18.6 Å². The summed E-state index contributed by atoms with van der Waals surface area (Å²) in [7, 11) is 3.13. The second-order valence-corrected chi connectivity index (χ2v) is 7.65. The first-order valence-corrected chi connectivity index (χ1v) is 10.6. The number of carbonyl (C=O) groups excluding carboxylic acids is 1. The second kappa shape index (κ2) is 9.61. The molecule has 0 aliphatic rings. The van der Waals surface area contributed by atoms with Crippen LogP contribution in [0.25, 0.3) is 22.7 Å². The van der Waals surface area contributed by atoms with E-state index in [1.807, 2.05) is 50.2 Å². The number of hydrogen-bond acceptors (Lipinski definition) is 6. The number of nitrogens with zero attached hydrogens (tertiary/aromatic N) is 1. The van der Waals surface area contributed by atoms with Crippen LogP contribution >= 0.6 is 0 Å². The number of methoxy groups -OCH3 is 2.